The van der Waals surface area contributed by atoms with Crippen molar-refractivity contribution < 1.29 is 14.0 Å². The van der Waals surface area contributed by atoms with Gasteiger partial charge in [-0.1, -0.05) is 26.0 Å². The molecule has 1 aromatic heterocycles. The number of likely N-dealkylation sites (tertiary alicyclic amines) is 1. The lowest BCUT2D eigenvalue weighted by Gasteiger charge is -2.33. The van der Waals surface area contributed by atoms with Crippen molar-refractivity contribution in [3.8, 4) is 0 Å². The Balaban J connectivity index is 1.44. The molecule has 2 aliphatic rings. The third kappa shape index (κ3) is 4.12. The number of nitrogens with zero attached hydrogens (tertiary/aromatic N) is 3. The maximum Gasteiger partial charge on any atom is 0.274 e. The van der Waals surface area contributed by atoms with Crippen molar-refractivity contribution in [2.24, 2.45) is 0 Å². The average Bonchev–Trinajstić information content (AvgIpc) is 3.23. The van der Waals surface area contributed by atoms with E-state index >= 15 is 0 Å². The van der Waals surface area contributed by atoms with E-state index in [1.807, 2.05) is 35.8 Å². The highest BCUT2D eigenvalue weighted by atomic mass is 31.0. The van der Waals surface area contributed by atoms with Crippen LogP contribution in [0.5, 0.6) is 0 Å². The number of amides is 2. The number of rotatable bonds is 4. The molecule has 0 bridgehead atoms. The number of H-pyrrole nitrogens is 1. The van der Waals surface area contributed by atoms with E-state index in [1.54, 1.807) is 0 Å². The highest BCUT2D eigenvalue weighted by Gasteiger charge is 2.31. The Morgan fingerprint density at radius 1 is 1.19 bits per heavy atom. The fourth-order valence-corrected chi connectivity index (χ4v) is 5.14. The number of fused-ring (bicyclic) bond motifs is 1. The maximum absolute atomic E-state index is 14.5. The molecular formula is C23H30FN4O2P. The Kier molecular flexibility index (Phi) is 6.42. The lowest BCUT2D eigenvalue weighted by Crippen LogP contribution is -2.39. The molecule has 1 unspecified atom stereocenters. The summed E-state index contributed by atoms with van der Waals surface area (Å²) in [5, 5.41) is 7.90. The van der Waals surface area contributed by atoms with Crippen LogP contribution in [0.4, 0.5) is 4.39 Å². The molecule has 1 aromatic carbocycles. The molecule has 6 nitrogen and oxygen atoms in total. The second kappa shape index (κ2) is 9.07. The highest BCUT2D eigenvalue weighted by molar-refractivity contribution is 7.27. The number of hydrogen-bond acceptors (Lipinski definition) is 3. The molecule has 1 fully saturated rings. The topological polar surface area (TPSA) is 69.3 Å². The minimum atomic E-state index is -0.123. The van der Waals surface area contributed by atoms with Crippen LogP contribution in [0.3, 0.4) is 0 Å². The van der Waals surface area contributed by atoms with Crippen molar-refractivity contribution in [2.45, 2.75) is 58.4 Å². The lowest BCUT2D eigenvalue weighted by atomic mass is 9.85. The molecule has 0 aliphatic carbocycles. The van der Waals surface area contributed by atoms with Crippen LogP contribution >= 0.6 is 9.24 Å². The molecule has 2 amide bonds. The standard InChI is InChI=1S/C23H30FN4O2P/c1-3-15-16(5-6-19(31)21(15)24)14-7-10-27(11-8-14)23(30)22-17-9-12-28(20(29)4-2)13-18(17)25-26-22/h5-6,14H,3-4,7-13,31H2,1-2H3,(H,25,26). The van der Waals surface area contributed by atoms with Crippen LogP contribution in [-0.2, 0) is 24.2 Å². The van der Waals surface area contributed by atoms with E-state index in [2.05, 4.69) is 19.4 Å². The number of carbonyl (C=O) groups excluding carboxylic acids is 2. The van der Waals surface area contributed by atoms with E-state index in [4.69, 9.17) is 0 Å². The summed E-state index contributed by atoms with van der Waals surface area (Å²) in [7, 11) is 2.46. The minimum absolute atomic E-state index is 0.0478. The van der Waals surface area contributed by atoms with Gasteiger partial charge >= 0.3 is 0 Å². The second-order valence-corrected chi connectivity index (χ2v) is 9.03. The van der Waals surface area contributed by atoms with Gasteiger partial charge in [0.05, 0.1) is 12.2 Å². The predicted octanol–water partition coefficient (Wildman–Crippen LogP) is 2.93. The SMILES string of the molecule is CCC(=O)N1CCc2c(C(=O)N3CCC(c4ccc(P)c(F)c4CC)CC3)n[nH]c2C1. The number of carbonyl (C=O) groups is 2. The molecule has 1 atom stereocenters. The number of hydrogen-bond donors (Lipinski definition) is 1. The zero-order valence-electron chi connectivity index (χ0n) is 18.2. The summed E-state index contributed by atoms with van der Waals surface area (Å²) >= 11 is 0. The number of benzene rings is 1. The first-order valence-electron chi connectivity index (χ1n) is 11.1. The molecular weight excluding hydrogens is 414 g/mol. The minimum Gasteiger partial charge on any atom is -0.337 e. The van der Waals surface area contributed by atoms with E-state index in [1.165, 1.54) is 0 Å². The second-order valence-electron chi connectivity index (χ2n) is 8.40. The molecule has 0 saturated carbocycles. The third-order valence-electron chi connectivity index (χ3n) is 6.68. The van der Waals surface area contributed by atoms with Crippen molar-refractivity contribution in [3.05, 3.63) is 46.0 Å². The molecule has 0 radical (unpaired) electrons. The quantitative estimate of drug-likeness (QED) is 0.738. The first-order chi connectivity index (χ1) is 14.9. The van der Waals surface area contributed by atoms with Gasteiger partial charge in [-0.3, -0.25) is 14.7 Å². The maximum atomic E-state index is 14.5. The molecule has 3 heterocycles. The van der Waals surface area contributed by atoms with Crippen LogP contribution in [0.2, 0.25) is 0 Å². The van der Waals surface area contributed by atoms with Crippen molar-refractivity contribution in [3.63, 3.8) is 0 Å². The lowest BCUT2D eigenvalue weighted by molar-refractivity contribution is -0.131. The van der Waals surface area contributed by atoms with Gasteiger partial charge in [0.15, 0.2) is 5.69 Å². The number of halogens is 1. The highest BCUT2D eigenvalue weighted by Crippen LogP contribution is 2.32. The van der Waals surface area contributed by atoms with Gasteiger partial charge in [-0.15, -0.1) is 9.24 Å². The van der Waals surface area contributed by atoms with Crippen LogP contribution in [0.25, 0.3) is 0 Å². The van der Waals surface area contributed by atoms with Crippen LogP contribution < -0.4 is 5.30 Å². The first kappa shape index (κ1) is 21.9. The fraction of sp³-hybridized carbons (Fsp3) is 0.522. The molecule has 1 N–H and O–H groups in total. The van der Waals surface area contributed by atoms with Gasteiger partial charge in [0.25, 0.3) is 5.91 Å². The summed E-state index contributed by atoms with van der Waals surface area (Å²) in [5.41, 5.74) is 4.18. The molecule has 4 rings (SSSR count). The van der Waals surface area contributed by atoms with E-state index in [9.17, 15) is 14.0 Å². The van der Waals surface area contributed by atoms with Gasteiger partial charge in [0.2, 0.25) is 5.91 Å². The monoisotopic (exact) mass is 444 g/mol. The summed E-state index contributed by atoms with van der Waals surface area (Å²) in [6, 6.07) is 3.87. The smallest absolute Gasteiger partial charge is 0.274 e. The van der Waals surface area contributed by atoms with Crippen molar-refractivity contribution in [1.82, 2.24) is 20.0 Å². The third-order valence-corrected chi connectivity index (χ3v) is 7.12. The largest absolute Gasteiger partial charge is 0.337 e. The van der Waals surface area contributed by atoms with E-state index in [0.717, 1.165) is 35.2 Å². The Morgan fingerprint density at radius 3 is 2.61 bits per heavy atom. The normalized spacial score (nSPS) is 17.0. The molecule has 8 heteroatoms. The Labute approximate surface area is 184 Å². The summed E-state index contributed by atoms with van der Waals surface area (Å²) in [6.45, 7) is 6.23. The summed E-state index contributed by atoms with van der Waals surface area (Å²) in [4.78, 5) is 28.8. The molecule has 2 aliphatic heterocycles. The summed E-state index contributed by atoms with van der Waals surface area (Å²) in [6.07, 6.45) is 3.43. The molecule has 1 saturated heterocycles. The molecule has 2 aromatic rings. The number of aromatic nitrogens is 2. The summed E-state index contributed by atoms with van der Waals surface area (Å²) < 4.78 is 14.5. The van der Waals surface area contributed by atoms with Crippen molar-refractivity contribution >= 4 is 26.4 Å². The Hall–Kier alpha value is -2.27. The van der Waals surface area contributed by atoms with Gasteiger partial charge in [-0.05, 0) is 42.7 Å². The van der Waals surface area contributed by atoms with Crippen molar-refractivity contribution in [2.75, 3.05) is 19.6 Å². The van der Waals surface area contributed by atoms with Gasteiger partial charge in [-0.2, -0.15) is 5.10 Å². The van der Waals surface area contributed by atoms with Crippen LogP contribution in [-0.4, -0.2) is 51.4 Å². The molecule has 166 valence electrons. The Bertz CT molecular complexity index is 998. The van der Waals surface area contributed by atoms with Crippen molar-refractivity contribution in [1.29, 1.82) is 0 Å². The molecule has 31 heavy (non-hydrogen) atoms. The fourth-order valence-electron chi connectivity index (χ4n) is 4.87. The first-order valence-corrected chi connectivity index (χ1v) is 11.7. The van der Waals surface area contributed by atoms with Gasteiger partial charge in [0, 0.05) is 36.9 Å². The molecule has 0 spiro atoms. The van der Waals surface area contributed by atoms with Crippen LogP contribution in [0.15, 0.2) is 12.1 Å². The van der Waals surface area contributed by atoms with Gasteiger partial charge < -0.3 is 9.80 Å². The van der Waals surface area contributed by atoms with Crippen LogP contribution in [0.1, 0.15) is 71.9 Å². The van der Waals surface area contributed by atoms with E-state index in [-0.39, 0.29) is 23.5 Å². The Morgan fingerprint density at radius 2 is 1.94 bits per heavy atom. The average molecular weight is 444 g/mol. The van der Waals surface area contributed by atoms with E-state index < -0.39 is 0 Å². The zero-order chi connectivity index (χ0) is 22.1. The van der Waals surface area contributed by atoms with Gasteiger partial charge in [0.1, 0.15) is 5.82 Å². The number of aromatic amines is 1. The predicted molar refractivity (Wildman–Crippen MR) is 121 cm³/mol. The summed E-state index contributed by atoms with van der Waals surface area (Å²) in [5.74, 6) is 0.212. The van der Waals surface area contributed by atoms with Gasteiger partial charge in [-0.25, -0.2) is 4.39 Å². The number of nitrogens with one attached hydrogen (secondary N) is 1. The number of piperidine rings is 1. The van der Waals surface area contributed by atoms with E-state index in [0.29, 0.717) is 56.4 Å². The van der Waals surface area contributed by atoms with Crippen LogP contribution in [0, 0.1) is 5.82 Å². The zero-order valence-corrected chi connectivity index (χ0v) is 19.4.